The number of hydrogen-bond donors (Lipinski definition) is 3. The predicted molar refractivity (Wildman–Crippen MR) is 64.6 cm³/mol. The Balaban J connectivity index is 2.12. The van der Waals surface area contributed by atoms with Gasteiger partial charge in [0, 0.05) is 23.9 Å². The first kappa shape index (κ1) is 14.1. The van der Waals surface area contributed by atoms with E-state index in [0.29, 0.717) is 5.56 Å². The average Bonchev–Trinajstić information content (AvgIpc) is 2.81. The Morgan fingerprint density at radius 2 is 2.17 bits per heavy atom. The maximum atomic E-state index is 11.5. The van der Waals surface area contributed by atoms with Crippen molar-refractivity contribution in [3.8, 4) is 0 Å². The smallest absolute Gasteiger partial charge is 0.252 e. The summed E-state index contributed by atoms with van der Waals surface area (Å²) >= 11 is 1.42. The maximum absolute atomic E-state index is 11.5. The van der Waals surface area contributed by atoms with Crippen LogP contribution in [0.25, 0.3) is 0 Å². The summed E-state index contributed by atoms with van der Waals surface area (Å²) < 4.78 is 0. The summed E-state index contributed by atoms with van der Waals surface area (Å²) in [5, 5.41) is 6.08. The van der Waals surface area contributed by atoms with Crippen LogP contribution in [0.15, 0.2) is 16.8 Å². The van der Waals surface area contributed by atoms with Gasteiger partial charge in [0.15, 0.2) is 6.61 Å². The van der Waals surface area contributed by atoms with Gasteiger partial charge in [-0.1, -0.05) is 0 Å². The number of carbonyl (C=O) groups excluding carboxylic acids is 3. The standard InChI is InChI=1S/C10H13N3O4S/c11-8(14)5-17-13-9(15)1-3-12-10(16)7-2-4-18-6-7/h2,4,6H,1,3,5H2,(H2,11,14)(H,12,16)(H,13,15). The molecule has 0 aliphatic rings. The van der Waals surface area contributed by atoms with Crippen molar-refractivity contribution in [2.24, 2.45) is 5.73 Å². The Kier molecular flexibility index (Phi) is 5.81. The SMILES string of the molecule is NC(=O)CONC(=O)CCNC(=O)c1ccsc1. The van der Waals surface area contributed by atoms with Crippen LogP contribution in [-0.2, 0) is 14.4 Å². The number of hydroxylamine groups is 1. The van der Waals surface area contributed by atoms with E-state index in [9.17, 15) is 14.4 Å². The molecule has 0 radical (unpaired) electrons. The Morgan fingerprint density at radius 3 is 2.78 bits per heavy atom. The van der Waals surface area contributed by atoms with Crippen LogP contribution < -0.4 is 16.5 Å². The molecule has 1 heterocycles. The molecule has 1 aromatic heterocycles. The zero-order chi connectivity index (χ0) is 13.4. The van der Waals surface area contributed by atoms with Gasteiger partial charge in [-0.15, -0.1) is 0 Å². The predicted octanol–water partition coefficient (Wildman–Crippen LogP) is -0.599. The molecule has 0 spiro atoms. The first-order chi connectivity index (χ1) is 8.59. The van der Waals surface area contributed by atoms with Gasteiger partial charge in [-0.3, -0.25) is 19.2 Å². The average molecular weight is 271 g/mol. The zero-order valence-electron chi connectivity index (χ0n) is 9.47. The number of thiophene rings is 1. The fraction of sp³-hybridized carbons (Fsp3) is 0.300. The molecule has 18 heavy (non-hydrogen) atoms. The van der Waals surface area contributed by atoms with Crippen LogP contribution in [0.1, 0.15) is 16.8 Å². The molecule has 0 saturated heterocycles. The minimum atomic E-state index is -0.680. The van der Waals surface area contributed by atoms with E-state index in [2.05, 4.69) is 10.2 Å². The largest absolute Gasteiger partial charge is 0.368 e. The summed E-state index contributed by atoms with van der Waals surface area (Å²) in [4.78, 5) is 37.4. The lowest BCUT2D eigenvalue weighted by atomic mass is 10.3. The van der Waals surface area contributed by atoms with Crippen LogP contribution in [-0.4, -0.2) is 30.9 Å². The molecule has 0 saturated carbocycles. The second-order valence-electron chi connectivity index (χ2n) is 3.30. The summed E-state index contributed by atoms with van der Waals surface area (Å²) in [5.74, 6) is -1.36. The molecule has 0 aliphatic carbocycles. The summed E-state index contributed by atoms with van der Waals surface area (Å²) in [6.07, 6.45) is 0.0502. The summed E-state index contributed by atoms with van der Waals surface area (Å²) in [7, 11) is 0. The number of nitrogens with two attached hydrogens (primary N) is 1. The topological polar surface area (TPSA) is 111 Å². The van der Waals surface area contributed by atoms with Crippen LogP contribution in [0.3, 0.4) is 0 Å². The molecule has 4 N–H and O–H groups in total. The molecular weight excluding hydrogens is 258 g/mol. The van der Waals surface area contributed by atoms with Gasteiger partial charge >= 0.3 is 0 Å². The van der Waals surface area contributed by atoms with Gasteiger partial charge in [0.1, 0.15) is 0 Å². The first-order valence-corrected chi connectivity index (χ1v) is 6.03. The van der Waals surface area contributed by atoms with E-state index in [-0.39, 0.29) is 25.5 Å². The van der Waals surface area contributed by atoms with E-state index in [1.165, 1.54) is 11.3 Å². The van der Waals surface area contributed by atoms with E-state index < -0.39 is 11.8 Å². The molecule has 1 aromatic rings. The van der Waals surface area contributed by atoms with Gasteiger partial charge in [0.05, 0.1) is 0 Å². The molecule has 0 unspecified atom stereocenters. The Hall–Kier alpha value is -1.93. The van der Waals surface area contributed by atoms with Crippen molar-refractivity contribution in [1.82, 2.24) is 10.8 Å². The molecule has 0 aromatic carbocycles. The van der Waals surface area contributed by atoms with Gasteiger partial charge in [-0.05, 0) is 11.4 Å². The lowest BCUT2D eigenvalue weighted by Crippen LogP contribution is -2.32. The second-order valence-corrected chi connectivity index (χ2v) is 4.08. The third kappa shape index (κ3) is 5.41. The Bertz CT molecular complexity index is 419. The van der Waals surface area contributed by atoms with Crippen molar-refractivity contribution in [2.75, 3.05) is 13.2 Å². The molecule has 3 amide bonds. The van der Waals surface area contributed by atoms with Crippen molar-refractivity contribution in [1.29, 1.82) is 0 Å². The highest BCUT2D eigenvalue weighted by Crippen LogP contribution is 2.04. The van der Waals surface area contributed by atoms with Gasteiger partial charge in [-0.2, -0.15) is 11.3 Å². The first-order valence-electron chi connectivity index (χ1n) is 5.09. The number of carbonyl (C=O) groups is 3. The molecule has 0 aliphatic heterocycles. The molecule has 0 fully saturated rings. The number of hydrogen-bond acceptors (Lipinski definition) is 5. The maximum Gasteiger partial charge on any atom is 0.252 e. The van der Waals surface area contributed by atoms with Crippen LogP contribution in [0.4, 0.5) is 0 Å². The van der Waals surface area contributed by atoms with Crippen molar-refractivity contribution in [3.05, 3.63) is 22.4 Å². The normalized spacial score (nSPS) is 9.78. The molecule has 0 atom stereocenters. The van der Waals surface area contributed by atoms with E-state index >= 15 is 0 Å². The molecule has 98 valence electrons. The van der Waals surface area contributed by atoms with E-state index in [0.717, 1.165) is 0 Å². The highest BCUT2D eigenvalue weighted by Gasteiger charge is 2.07. The lowest BCUT2D eigenvalue weighted by Gasteiger charge is -2.05. The highest BCUT2D eigenvalue weighted by molar-refractivity contribution is 7.08. The minimum Gasteiger partial charge on any atom is -0.368 e. The minimum absolute atomic E-state index is 0.0502. The number of nitrogens with one attached hydrogen (secondary N) is 2. The Labute approximate surface area is 107 Å². The fourth-order valence-corrected chi connectivity index (χ4v) is 1.66. The van der Waals surface area contributed by atoms with E-state index in [4.69, 9.17) is 5.73 Å². The lowest BCUT2D eigenvalue weighted by molar-refractivity contribution is -0.137. The van der Waals surface area contributed by atoms with E-state index in [1.807, 2.05) is 5.48 Å². The zero-order valence-corrected chi connectivity index (χ0v) is 10.3. The van der Waals surface area contributed by atoms with Crippen LogP contribution >= 0.6 is 11.3 Å². The van der Waals surface area contributed by atoms with Crippen molar-refractivity contribution in [3.63, 3.8) is 0 Å². The summed E-state index contributed by atoms with van der Waals surface area (Å²) in [6.45, 7) is -0.201. The van der Waals surface area contributed by atoms with Gasteiger partial charge in [0.25, 0.3) is 5.91 Å². The number of primary amides is 1. The van der Waals surface area contributed by atoms with Crippen LogP contribution in [0.5, 0.6) is 0 Å². The van der Waals surface area contributed by atoms with Crippen molar-refractivity contribution < 1.29 is 19.2 Å². The molecular formula is C10H13N3O4S. The molecule has 8 heteroatoms. The monoisotopic (exact) mass is 271 g/mol. The summed E-state index contributed by atoms with van der Waals surface area (Å²) in [5.41, 5.74) is 7.40. The molecule has 1 rings (SSSR count). The highest BCUT2D eigenvalue weighted by atomic mass is 32.1. The van der Waals surface area contributed by atoms with E-state index in [1.54, 1.807) is 16.8 Å². The van der Waals surface area contributed by atoms with Gasteiger partial charge < -0.3 is 11.1 Å². The van der Waals surface area contributed by atoms with Gasteiger partial charge in [-0.25, -0.2) is 5.48 Å². The van der Waals surface area contributed by atoms with Crippen molar-refractivity contribution in [2.45, 2.75) is 6.42 Å². The third-order valence-electron chi connectivity index (χ3n) is 1.82. The second kappa shape index (κ2) is 7.41. The molecule has 7 nitrogen and oxygen atoms in total. The number of rotatable bonds is 7. The quantitative estimate of drug-likeness (QED) is 0.575. The third-order valence-corrected chi connectivity index (χ3v) is 2.50. The fourth-order valence-electron chi connectivity index (χ4n) is 1.02. The van der Waals surface area contributed by atoms with Gasteiger partial charge in [0.2, 0.25) is 11.8 Å². The summed E-state index contributed by atoms with van der Waals surface area (Å²) in [6, 6.07) is 1.69. The van der Waals surface area contributed by atoms with Crippen LogP contribution in [0, 0.1) is 0 Å². The van der Waals surface area contributed by atoms with Crippen LogP contribution in [0.2, 0.25) is 0 Å². The molecule has 0 bridgehead atoms. The Morgan fingerprint density at radius 1 is 1.39 bits per heavy atom. The van der Waals surface area contributed by atoms with Crippen molar-refractivity contribution >= 4 is 29.1 Å². The number of amides is 3.